The largest absolute Gasteiger partial charge is 0.490 e. The fraction of sp³-hybridized carbons (Fsp3) is 0.0870. The van der Waals surface area contributed by atoms with Gasteiger partial charge in [-0.25, -0.2) is 9.78 Å². The number of hydrogen-bond donors (Lipinski definition) is 1. The molecule has 9 nitrogen and oxygen atoms in total. The van der Waals surface area contributed by atoms with Gasteiger partial charge in [-0.1, -0.05) is 18.2 Å². The Hall–Kier alpha value is -4.49. The van der Waals surface area contributed by atoms with Gasteiger partial charge < -0.3 is 14.5 Å². The zero-order chi connectivity index (χ0) is 23.5. The lowest BCUT2D eigenvalue weighted by molar-refractivity contribution is -0.385. The van der Waals surface area contributed by atoms with Gasteiger partial charge in [-0.15, -0.1) is 11.3 Å². The number of benzene rings is 2. The highest BCUT2D eigenvalue weighted by Crippen LogP contribution is 2.33. The van der Waals surface area contributed by atoms with E-state index >= 15 is 0 Å². The lowest BCUT2D eigenvalue weighted by Gasteiger charge is -2.09. The average Bonchev–Trinajstić information content (AvgIpc) is 3.29. The first kappa shape index (κ1) is 21.7. The summed E-state index contributed by atoms with van der Waals surface area (Å²) in [5.74, 6) is 0.0968. The molecule has 4 rings (SSSR count). The van der Waals surface area contributed by atoms with Crippen LogP contribution < -0.4 is 15.7 Å². The number of rotatable bonds is 6. The summed E-state index contributed by atoms with van der Waals surface area (Å²) >= 11 is 1.21. The number of thiazole rings is 1. The number of nitrogens with one attached hydrogen (secondary N) is 1. The van der Waals surface area contributed by atoms with Crippen molar-refractivity contribution in [1.29, 1.82) is 5.26 Å². The summed E-state index contributed by atoms with van der Waals surface area (Å²) in [5, 5.41) is 26.6. The van der Waals surface area contributed by atoms with E-state index in [4.69, 9.17) is 9.15 Å². The van der Waals surface area contributed by atoms with E-state index in [0.29, 0.717) is 33.1 Å². The van der Waals surface area contributed by atoms with E-state index in [2.05, 4.69) is 16.4 Å². The normalized spacial score (nSPS) is 11.2. The van der Waals surface area contributed by atoms with Crippen molar-refractivity contribution in [2.45, 2.75) is 6.92 Å². The first-order valence-electron chi connectivity index (χ1n) is 9.60. The molecule has 2 aromatic heterocycles. The van der Waals surface area contributed by atoms with Crippen LogP contribution in [0.15, 0.2) is 63.3 Å². The summed E-state index contributed by atoms with van der Waals surface area (Å²) in [6.07, 6.45) is 1.46. The number of aromatic nitrogens is 1. The zero-order valence-electron chi connectivity index (χ0n) is 17.5. The van der Waals surface area contributed by atoms with Crippen LogP contribution in [0.1, 0.15) is 10.6 Å². The van der Waals surface area contributed by atoms with Crippen LogP contribution in [-0.2, 0) is 0 Å². The number of ether oxygens (including phenoxy) is 1. The van der Waals surface area contributed by atoms with E-state index in [1.54, 1.807) is 30.5 Å². The predicted molar refractivity (Wildman–Crippen MR) is 125 cm³/mol. The highest BCUT2D eigenvalue weighted by Gasteiger charge is 2.18. The maximum absolute atomic E-state index is 12.4. The third-order valence-corrected chi connectivity index (χ3v) is 5.74. The quantitative estimate of drug-likeness (QED) is 0.182. The number of nitro benzene ring substituents is 1. The number of nitriles is 1. The van der Waals surface area contributed by atoms with Gasteiger partial charge in [0.2, 0.25) is 0 Å². The molecule has 0 unspecified atom stereocenters. The minimum absolute atomic E-state index is 0.0968. The van der Waals surface area contributed by atoms with E-state index in [0.717, 1.165) is 5.39 Å². The number of para-hydroxylation sites is 1. The van der Waals surface area contributed by atoms with Crippen LogP contribution in [0.25, 0.3) is 27.8 Å². The summed E-state index contributed by atoms with van der Waals surface area (Å²) < 4.78 is 10.5. The second-order valence-corrected chi connectivity index (χ2v) is 7.79. The van der Waals surface area contributed by atoms with Crippen molar-refractivity contribution in [3.05, 3.63) is 85.2 Å². The van der Waals surface area contributed by atoms with Crippen LogP contribution in [-0.4, -0.2) is 17.0 Å². The van der Waals surface area contributed by atoms with Crippen LogP contribution in [0, 0.1) is 28.4 Å². The van der Waals surface area contributed by atoms with Crippen molar-refractivity contribution in [3.8, 4) is 23.1 Å². The second-order valence-electron chi connectivity index (χ2n) is 6.93. The van der Waals surface area contributed by atoms with Crippen LogP contribution in [0.4, 0.5) is 11.4 Å². The van der Waals surface area contributed by atoms with Gasteiger partial charge in [-0.05, 0) is 24.6 Å². The lowest BCUT2D eigenvalue weighted by atomic mass is 10.1. The van der Waals surface area contributed by atoms with Gasteiger partial charge in [0.25, 0.3) is 0 Å². The number of anilines is 1. The van der Waals surface area contributed by atoms with Gasteiger partial charge in [0.15, 0.2) is 5.75 Å². The number of hydrogen-bond acceptors (Lipinski definition) is 9. The molecular weight excluding hydrogens is 444 g/mol. The Labute approximate surface area is 191 Å². The molecule has 10 heteroatoms. The Kier molecular flexibility index (Phi) is 5.89. The molecule has 164 valence electrons. The van der Waals surface area contributed by atoms with Crippen LogP contribution in [0.5, 0.6) is 5.75 Å². The fourth-order valence-electron chi connectivity index (χ4n) is 3.19. The molecule has 0 saturated heterocycles. The number of allylic oxidation sites excluding steroid dienone is 1. The van der Waals surface area contributed by atoms with Crippen molar-refractivity contribution in [2.75, 3.05) is 12.4 Å². The summed E-state index contributed by atoms with van der Waals surface area (Å²) in [5.41, 5.74) is 1.90. The van der Waals surface area contributed by atoms with Gasteiger partial charge in [-0.3, -0.25) is 10.1 Å². The Morgan fingerprint density at radius 2 is 2.12 bits per heavy atom. The van der Waals surface area contributed by atoms with Crippen molar-refractivity contribution in [1.82, 2.24) is 4.98 Å². The van der Waals surface area contributed by atoms with E-state index in [9.17, 15) is 20.2 Å². The highest BCUT2D eigenvalue weighted by atomic mass is 32.1. The number of nitrogens with zero attached hydrogens (tertiary/aromatic N) is 3. The number of nitro groups is 1. The molecule has 0 amide bonds. The topological polar surface area (TPSA) is 131 Å². The maximum Gasteiger partial charge on any atom is 0.345 e. The van der Waals surface area contributed by atoms with E-state index in [1.807, 2.05) is 12.1 Å². The minimum Gasteiger partial charge on any atom is -0.490 e. The maximum atomic E-state index is 12.4. The van der Waals surface area contributed by atoms with Crippen LogP contribution in [0.2, 0.25) is 0 Å². The zero-order valence-corrected chi connectivity index (χ0v) is 18.3. The molecule has 0 aliphatic rings. The van der Waals surface area contributed by atoms with E-state index < -0.39 is 10.5 Å². The smallest absolute Gasteiger partial charge is 0.345 e. The molecule has 0 bridgehead atoms. The van der Waals surface area contributed by atoms with Gasteiger partial charge in [0.05, 0.1) is 23.3 Å². The predicted octanol–water partition coefficient (Wildman–Crippen LogP) is 5.12. The highest BCUT2D eigenvalue weighted by molar-refractivity contribution is 7.11. The third-order valence-electron chi connectivity index (χ3n) is 4.87. The number of methoxy groups -OCH3 is 1. The summed E-state index contributed by atoms with van der Waals surface area (Å²) in [4.78, 5) is 27.5. The molecule has 0 fully saturated rings. The van der Waals surface area contributed by atoms with Crippen molar-refractivity contribution < 1.29 is 14.1 Å². The monoisotopic (exact) mass is 460 g/mol. The first-order valence-corrected chi connectivity index (χ1v) is 10.5. The standard InChI is InChI=1S/C23H16N4O5S/c1-13-7-19(27(29)30)21(31-2)9-17(13)25-11-15(10-24)22-26-18(12-33-22)16-8-14-5-3-4-6-20(14)32-23(16)28/h3-9,11-12,25H,1-2H3. The Morgan fingerprint density at radius 3 is 2.85 bits per heavy atom. The fourth-order valence-corrected chi connectivity index (χ4v) is 3.97. The Morgan fingerprint density at radius 1 is 1.33 bits per heavy atom. The average molecular weight is 460 g/mol. The Balaban J connectivity index is 1.65. The SMILES string of the molecule is COc1cc(NC=C(C#N)c2nc(-c3cc4ccccc4oc3=O)cs2)c(C)cc1[N+](=O)[O-]. The summed E-state index contributed by atoms with van der Waals surface area (Å²) in [7, 11) is 1.35. The van der Waals surface area contributed by atoms with Gasteiger partial charge in [0, 0.05) is 34.8 Å². The third kappa shape index (κ3) is 4.30. The summed E-state index contributed by atoms with van der Waals surface area (Å²) in [6, 6.07) is 13.8. The minimum atomic E-state index is -0.521. The second kappa shape index (κ2) is 8.94. The van der Waals surface area contributed by atoms with Crippen molar-refractivity contribution in [2.24, 2.45) is 0 Å². The van der Waals surface area contributed by atoms with Crippen molar-refractivity contribution in [3.63, 3.8) is 0 Å². The Bertz CT molecular complexity index is 1510. The molecule has 0 spiro atoms. The first-order chi connectivity index (χ1) is 15.9. The van der Waals surface area contributed by atoms with Crippen LogP contribution in [0.3, 0.4) is 0 Å². The summed E-state index contributed by atoms with van der Waals surface area (Å²) in [6.45, 7) is 1.70. The molecule has 2 heterocycles. The van der Waals surface area contributed by atoms with Gasteiger partial charge >= 0.3 is 11.3 Å². The number of fused-ring (bicyclic) bond motifs is 1. The molecule has 33 heavy (non-hydrogen) atoms. The molecule has 2 aromatic carbocycles. The molecule has 0 saturated carbocycles. The van der Waals surface area contributed by atoms with Crippen molar-refractivity contribution >= 4 is 39.3 Å². The lowest BCUT2D eigenvalue weighted by Crippen LogP contribution is -2.03. The molecule has 0 aliphatic heterocycles. The molecule has 4 aromatic rings. The van der Waals surface area contributed by atoms with Gasteiger partial charge in [-0.2, -0.15) is 5.26 Å². The molecule has 0 radical (unpaired) electrons. The van der Waals surface area contributed by atoms with Crippen LogP contribution >= 0.6 is 11.3 Å². The van der Waals surface area contributed by atoms with Gasteiger partial charge in [0.1, 0.15) is 22.2 Å². The molecular formula is C23H16N4O5S. The van der Waals surface area contributed by atoms with E-state index in [-0.39, 0.29) is 17.0 Å². The number of aryl methyl sites for hydroxylation is 1. The molecule has 0 atom stereocenters. The molecule has 1 N–H and O–H groups in total. The molecule has 0 aliphatic carbocycles. The van der Waals surface area contributed by atoms with E-state index in [1.165, 1.54) is 36.8 Å².